The summed E-state index contributed by atoms with van der Waals surface area (Å²) in [6, 6.07) is 5.82. The molecule has 3 heteroatoms. The Morgan fingerprint density at radius 3 is 3.00 bits per heavy atom. The van der Waals surface area contributed by atoms with Crippen molar-refractivity contribution in [2.75, 3.05) is 6.54 Å². The topological polar surface area (TPSA) is 45.1 Å². The van der Waals surface area contributed by atoms with E-state index in [0.29, 0.717) is 6.54 Å². The fraction of sp³-hybridized carbons (Fsp3) is 0.500. The number of pyridine rings is 1. The van der Waals surface area contributed by atoms with Crippen LogP contribution in [-0.4, -0.2) is 22.7 Å². The van der Waals surface area contributed by atoms with E-state index >= 15 is 0 Å². The van der Waals surface area contributed by atoms with Gasteiger partial charge in [0, 0.05) is 19.3 Å². The van der Waals surface area contributed by atoms with Crippen LogP contribution >= 0.6 is 0 Å². The summed E-state index contributed by atoms with van der Waals surface area (Å²) in [5, 5.41) is 12.4. The summed E-state index contributed by atoms with van der Waals surface area (Å²) >= 11 is 0. The van der Waals surface area contributed by atoms with Crippen LogP contribution in [0.2, 0.25) is 0 Å². The molecule has 2 N–H and O–H groups in total. The predicted octanol–water partition coefficient (Wildman–Crippen LogP) is 0.942. The Bertz CT molecular complexity index is 226. The molecule has 0 aliphatic carbocycles. The summed E-state index contributed by atoms with van der Waals surface area (Å²) in [6.07, 6.45) is 2.31. The van der Waals surface area contributed by atoms with Crippen LogP contribution in [0.15, 0.2) is 24.4 Å². The average molecular weight is 180 g/mol. The predicted molar refractivity (Wildman–Crippen MR) is 52.2 cm³/mol. The minimum Gasteiger partial charge on any atom is -0.392 e. The van der Waals surface area contributed by atoms with Crippen molar-refractivity contribution in [1.29, 1.82) is 0 Å². The van der Waals surface area contributed by atoms with Crippen LogP contribution in [0.4, 0.5) is 0 Å². The van der Waals surface area contributed by atoms with Crippen LogP contribution in [0.5, 0.6) is 0 Å². The lowest BCUT2D eigenvalue weighted by Gasteiger charge is -2.08. The molecule has 0 aliphatic heterocycles. The zero-order chi connectivity index (χ0) is 9.52. The lowest BCUT2D eigenvalue weighted by molar-refractivity contribution is 0.167. The fourth-order valence-corrected chi connectivity index (χ4v) is 1.01. The van der Waals surface area contributed by atoms with Gasteiger partial charge in [0.05, 0.1) is 11.8 Å². The third kappa shape index (κ3) is 4.01. The molecule has 0 unspecified atom stereocenters. The molecule has 1 aromatic rings. The highest BCUT2D eigenvalue weighted by molar-refractivity contribution is 5.02. The molecule has 0 fully saturated rings. The van der Waals surface area contributed by atoms with Gasteiger partial charge in [0.15, 0.2) is 0 Å². The summed E-state index contributed by atoms with van der Waals surface area (Å²) in [5.74, 6) is 0. The number of hydrogen-bond donors (Lipinski definition) is 2. The number of nitrogens with one attached hydrogen (secondary N) is 1. The Labute approximate surface area is 78.8 Å². The van der Waals surface area contributed by atoms with Gasteiger partial charge in [-0.15, -0.1) is 0 Å². The van der Waals surface area contributed by atoms with Crippen molar-refractivity contribution >= 4 is 0 Å². The third-order valence-corrected chi connectivity index (χ3v) is 1.88. The summed E-state index contributed by atoms with van der Waals surface area (Å²) in [5.41, 5.74) is 1.01. The molecule has 1 heterocycles. The Hall–Kier alpha value is -0.930. The van der Waals surface area contributed by atoms with Crippen LogP contribution in [0, 0.1) is 0 Å². The maximum absolute atomic E-state index is 9.25. The molecule has 0 saturated carbocycles. The molecule has 0 aliphatic rings. The van der Waals surface area contributed by atoms with Crippen LogP contribution < -0.4 is 5.32 Å². The van der Waals surface area contributed by atoms with E-state index in [1.165, 1.54) is 0 Å². The standard InChI is InChI=1S/C10H16N2O/c1-2-10(13)8-11-7-9-5-3-4-6-12-9/h3-6,10-11,13H,2,7-8H2,1H3/t10-/m0/s1. The Balaban J connectivity index is 2.20. The fourth-order valence-electron chi connectivity index (χ4n) is 1.01. The van der Waals surface area contributed by atoms with E-state index in [9.17, 15) is 5.11 Å². The normalized spacial score (nSPS) is 12.8. The monoisotopic (exact) mass is 180 g/mol. The summed E-state index contributed by atoms with van der Waals surface area (Å²) in [6.45, 7) is 3.32. The number of rotatable bonds is 5. The number of hydrogen-bond acceptors (Lipinski definition) is 3. The van der Waals surface area contributed by atoms with Gasteiger partial charge in [-0.1, -0.05) is 13.0 Å². The average Bonchev–Trinajstić information content (AvgIpc) is 2.19. The Kier molecular flexibility index (Phi) is 4.43. The molecule has 1 aromatic heterocycles. The van der Waals surface area contributed by atoms with Crippen molar-refractivity contribution in [1.82, 2.24) is 10.3 Å². The van der Waals surface area contributed by atoms with E-state index in [0.717, 1.165) is 18.7 Å². The number of aliphatic hydroxyl groups excluding tert-OH is 1. The minimum atomic E-state index is -0.247. The molecule has 0 spiro atoms. The number of aliphatic hydroxyl groups is 1. The van der Waals surface area contributed by atoms with Crippen molar-refractivity contribution in [2.24, 2.45) is 0 Å². The van der Waals surface area contributed by atoms with Gasteiger partial charge < -0.3 is 10.4 Å². The highest BCUT2D eigenvalue weighted by Crippen LogP contribution is 1.93. The maximum atomic E-state index is 9.25. The second kappa shape index (κ2) is 5.67. The number of aromatic nitrogens is 1. The molecule has 3 nitrogen and oxygen atoms in total. The zero-order valence-corrected chi connectivity index (χ0v) is 7.90. The minimum absolute atomic E-state index is 0.247. The zero-order valence-electron chi connectivity index (χ0n) is 7.90. The van der Waals surface area contributed by atoms with Crippen LogP contribution in [-0.2, 0) is 6.54 Å². The first kappa shape index (κ1) is 10.2. The van der Waals surface area contributed by atoms with Gasteiger partial charge in [0.25, 0.3) is 0 Å². The van der Waals surface area contributed by atoms with Crippen molar-refractivity contribution in [3.63, 3.8) is 0 Å². The first-order valence-electron chi connectivity index (χ1n) is 4.61. The lowest BCUT2D eigenvalue weighted by atomic mass is 10.3. The molecule has 1 atom stereocenters. The van der Waals surface area contributed by atoms with Crippen LogP contribution in [0.25, 0.3) is 0 Å². The highest BCUT2D eigenvalue weighted by Gasteiger charge is 1.99. The Morgan fingerprint density at radius 2 is 2.38 bits per heavy atom. The van der Waals surface area contributed by atoms with Crippen LogP contribution in [0.1, 0.15) is 19.0 Å². The van der Waals surface area contributed by atoms with Crippen LogP contribution in [0.3, 0.4) is 0 Å². The van der Waals surface area contributed by atoms with E-state index in [1.807, 2.05) is 25.1 Å². The van der Waals surface area contributed by atoms with E-state index < -0.39 is 0 Å². The van der Waals surface area contributed by atoms with E-state index in [2.05, 4.69) is 10.3 Å². The van der Waals surface area contributed by atoms with Gasteiger partial charge >= 0.3 is 0 Å². The van der Waals surface area contributed by atoms with E-state index in [4.69, 9.17) is 0 Å². The van der Waals surface area contributed by atoms with Crippen molar-refractivity contribution < 1.29 is 5.11 Å². The van der Waals surface area contributed by atoms with Gasteiger partial charge in [0.1, 0.15) is 0 Å². The van der Waals surface area contributed by atoms with Gasteiger partial charge in [-0.3, -0.25) is 4.98 Å². The molecular weight excluding hydrogens is 164 g/mol. The molecule has 72 valence electrons. The maximum Gasteiger partial charge on any atom is 0.0662 e. The van der Waals surface area contributed by atoms with E-state index in [1.54, 1.807) is 6.20 Å². The van der Waals surface area contributed by atoms with Gasteiger partial charge in [0.2, 0.25) is 0 Å². The summed E-state index contributed by atoms with van der Waals surface area (Å²) in [4.78, 5) is 4.16. The quantitative estimate of drug-likeness (QED) is 0.709. The SMILES string of the molecule is CC[C@H](O)CNCc1ccccn1. The number of nitrogens with zero attached hydrogens (tertiary/aromatic N) is 1. The molecule has 0 saturated heterocycles. The molecule has 0 amide bonds. The Morgan fingerprint density at radius 1 is 1.54 bits per heavy atom. The van der Waals surface area contributed by atoms with E-state index in [-0.39, 0.29) is 6.10 Å². The lowest BCUT2D eigenvalue weighted by Crippen LogP contribution is -2.25. The largest absolute Gasteiger partial charge is 0.392 e. The van der Waals surface area contributed by atoms with Gasteiger partial charge in [-0.05, 0) is 18.6 Å². The second-order valence-electron chi connectivity index (χ2n) is 3.01. The van der Waals surface area contributed by atoms with Gasteiger partial charge in [-0.25, -0.2) is 0 Å². The first-order chi connectivity index (χ1) is 6.33. The van der Waals surface area contributed by atoms with Gasteiger partial charge in [-0.2, -0.15) is 0 Å². The molecule has 13 heavy (non-hydrogen) atoms. The second-order valence-corrected chi connectivity index (χ2v) is 3.01. The highest BCUT2D eigenvalue weighted by atomic mass is 16.3. The van der Waals surface area contributed by atoms with Crippen molar-refractivity contribution in [2.45, 2.75) is 26.0 Å². The molecule has 1 rings (SSSR count). The first-order valence-corrected chi connectivity index (χ1v) is 4.61. The molecular formula is C10H16N2O. The molecule has 0 bridgehead atoms. The summed E-state index contributed by atoms with van der Waals surface area (Å²) < 4.78 is 0. The summed E-state index contributed by atoms with van der Waals surface area (Å²) in [7, 11) is 0. The van der Waals surface area contributed by atoms with Crippen molar-refractivity contribution in [3.8, 4) is 0 Å². The third-order valence-electron chi connectivity index (χ3n) is 1.88. The molecule has 0 aromatic carbocycles. The smallest absolute Gasteiger partial charge is 0.0662 e. The van der Waals surface area contributed by atoms with Crippen molar-refractivity contribution in [3.05, 3.63) is 30.1 Å². The molecule has 0 radical (unpaired) electrons.